The van der Waals surface area contributed by atoms with Crippen molar-refractivity contribution in [2.45, 2.75) is 59.0 Å². The summed E-state index contributed by atoms with van der Waals surface area (Å²) in [5.41, 5.74) is 0.659. The number of rotatable bonds is 4. The van der Waals surface area contributed by atoms with Crippen molar-refractivity contribution in [3.8, 4) is 0 Å². The Morgan fingerprint density at radius 2 is 2.00 bits per heavy atom. The first-order chi connectivity index (χ1) is 11.0. The molecule has 0 radical (unpaired) electrons. The van der Waals surface area contributed by atoms with E-state index in [1.165, 1.54) is 12.8 Å². The molecule has 23 heavy (non-hydrogen) atoms. The second kappa shape index (κ2) is 10.7. The zero-order valence-corrected chi connectivity index (χ0v) is 15.3. The fourth-order valence-electron chi connectivity index (χ4n) is 2.87. The highest BCUT2D eigenvalue weighted by molar-refractivity contribution is 6.31. The quantitative estimate of drug-likeness (QED) is 0.832. The molecule has 2 rings (SSSR count). The Balaban J connectivity index is 0.000000816. The van der Waals surface area contributed by atoms with Crippen LogP contribution in [0.15, 0.2) is 24.3 Å². The number of carbonyl (C=O) groups excluding carboxylic acids is 1. The highest BCUT2D eigenvalue weighted by atomic mass is 35.5. The number of aliphatic hydroxyl groups excluding tert-OH is 1. The van der Waals surface area contributed by atoms with Crippen molar-refractivity contribution >= 4 is 17.5 Å². The summed E-state index contributed by atoms with van der Waals surface area (Å²) in [4.78, 5) is 12.1. The summed E-state index contributed by atoms with van der Waals surface area (Å²) in [7, 11) is 0. The van der Waals surface area contributed by atoms with E-state index in [-0.39, 0.29) is 18.4 Å². The number of hydrogen-bond acceptors (Lipinski definition) is 2. The Labute approximate surface area is 145 Å². The van der Waals surface area contributed by atoms with Crippen molar-refractivity contribution in [2.24, 2.45) is 11.8 Å². The van der Waals surface area contributed by atoms with E-state index < -0.39 is 6.10 Å². The molecule has 1 aliphatic carbocycles. The Morgan fingerprint density at radius 1 is 1.35 bits per heavy atom. The standard InChI is InChI=1S/C16H22ClNO2.C3H8/c1-11-5-4-6-12(9-11)16(20)18-10-15(19)13-7-2-3-8-14(13)17;1-3-2/h2-3,7-8,11-12,15,19H,4-6,9-10H2,1H3,(H,18,20);3H2,1-2H3. The van der Waals surface area contributed by atoms with Crippen LogP contribution >= 0.6 is 11.6 Å². The lowest BCUT2D eigenvalue weighted by molar-refractivity contribution is -0.126. The van der Waals surface area contributed by atoms with Gasteiger partial charge in [0.2, 0.25) is 5.91 Å². The second-order valence-corrected chi connectivity index (χ2v) is 6.87. The Hall–Kier alpha value is -1.06. The summed E-state index contributed by atoms with van der Waals surface area (Å²) in [6.07, 6.45) is 4.73. The van der Waals surface area contributed by atoms with Crippen molar-refractivity contribution in [2.75, 3.05) is 6.54 Å². The van der Waals surface area contributed by atoms with Gasteiger partial charge in [-0.25, -0.2) is 0 Å². The van der Waals surface area contributed by atoms with Gasteiger partial charge in [-0.15, -0.1) is 0 Å². The molecule has 3 atom stereocenters. The van der Waals surface area contributed by atoms with Gasteiger partial charge in [0.1, 0.15) is 0 Å². The average Bonchev–Trinajstić information content (AvgIpc) is 2.53. The van der Waals surface area contributed by atoms with E-state index in [2.05, 4.69) is 26.1 Å². The molecule has 0 heterocycles. The SMILES string of the molecule is CC1CCCC(C(=O)NCC(O)c2ccccc2Cl)C1.CCC. The van der Waals surface area contributed by atoms with Crippen LogP contribution in [0.3, 0.4) is 0 Å². The van der Waals surface area contributed by atoms with Gasteiger partial charge in [-0.1, -0.05) is 69.8 Å². The van der Waals surface area contributed by atoms with Gasteiger partial charge in [-0.3, -0.25) is 4.79 Å². The van der Waals surface area contributed by atoms with Crippen LogP contribution < -0.4 is 5.32 Å². The molecule has 1 amide bonds. The summed E-state index contributed by atoms with van der Waals surface area (Å²) >= 11 is 6.03. The topological polar surface area (TPSA) is 49.3 Å². The molecule has 1 aliphatic rings. The van der Waals surface area contributed by atoms with Crippen LogP contribution in [0.25, 0.3) is 0 Å². The number of nitrogens with one attached hydrogen (secondary N) is 1. The number of hydrogen-bond donors (Lipinski definition) is 2. The van der Waals surface area contributed by atoms with Crippen molar-refractivity contribution in [1.29, 1.82) is 0 Å². The molecule has 130 valence electrons. The molecule has 4 heteroatoms. The van der Waals surface area contributed by atoms with Gasteiger partial charge in [0, 0.05) is 23.0 Å². The highest BCUT2D eigenvalue weighted by Gasteiger charge is 2.25. The maximum absolute atomic E-state index is 12.1. The minimum atomic E-state index is -0.756. The summed E-state index contributed by atoms with van der Waals surface area (Å²) in [6.45, 7) is 6.66. The monoisotopic (exact) mass is 339 g/mol. The fourth-order valence-corrected chi connectivity index (χ4v) is 3.13. The number of benzene rings is 1. The molecule has 3 nitrogen and oxygen atoms in total. The van der Waals surface area contributed by atoms with E-state index >= 15 is 0 Å². The molecule has 3 unspecified atom stereocenters. The van der Waals surface area contributed by atoms with Crippen LogP contribution in [0.2, 0.25) is 5.02 Å². The third-order valence-corrected chi connectivity index (χ3v) is 4.39. The molecule has 0 bridgehead atoms. The highest BCUT2D eigenvalue weighted by Crippen LogP contribution is 2.29. The maximum atomic E-state index is 12.1. The van der Waals surface area contributed by atoms with Crippen LogP contribution in [0.1, 0.15) is 64.5 Å². The van der Waals surface area contributed by atoms with Gasteiger partial charge in [0.25, 0.3) is 0 Å². The van der Waals surface area contributed by atoms with E-state index in [0.29, 0.717) is 16.5 Å². The van der Waals surface area contributed by atoms with Crippen LogP contribution in [-0.2, 0) is 4.79 Å². The fraction of sp³-hybridized carbons (Fsp3) is 0.632. The molecule has 0 spiro atoms. The first-order valence-corrected chi connectivity index (χ1v) is 9.07. The van der Waals surface area contributed by atoms with Gasteiger partial charge in [0.15, 0.2) is 0 Å². The van der Waals surface area contributed by atoms with Gasteiger partial charge >= 0.3 is 0 Å². The predicted molar refractivity (Wildman–Crippen MR) is 96.5 cm³/mol. The van der Waals surface area contributed by atoms with Gasteiger partial charge in [0.05, 0.1) is 6.10 Å². The minimum absolute atomic E-state index is 0.0580. The minimum Gasteiger partial charge on any atom is -0.387 e. The molecular formula is C19H30ClNO2. The summed E-state index contributed by atoms with van der Waals surface area (Å²) in [6, 6.07) is 7.17. The Morgan fingerprint density at radius 3 is 2.61 bits per heavy atom. The van der Waals surface area contributed by atoms with Crippen LogP contribution in [-0.4, -0.2) is 17.6 Å². The van der Waals surface area contributed by atoms with Gasteiger partial charge in [-0.05, 0) is 24.8 Å². The van der Waals surface area contributed by atoms with Gasteiger partial charge in [-0.2, -0.15) is 0 Å². The number of halogens is 1. The first kappa shape index (κ1) is 20.0. The van der Waals surface area contributed by atoms with E-state index in [1.807, 2.05) is 12.1 Å². The van der Waals surface area contributed by atoms with E-state index in [4.69, 9.17) is 11.6 Å². The molecule has 0 aliphatic heterocycles. The largest absolute Gasteiger partial charge is 0.387 e. The van der Waals surface area contributed by atoms with E-state index in [9.17, 15) is 9.90 Å². The number of aliphatic hydroxyl groups is 1. The molecular weight excluding hydrogens is 310 g/mol. The van der Waals surface area contributed by atoms with E-state index in [0.717, 1.165) is 19.3 Å². The second-order valence-electron chi connectivity index (χ2n) is 6.46. The van der Waals surface area contributed by atoms with E-state index in [1.54, 1.807) is 12.1 Å². The normalized spacial score (nSPS) is 21.8. The summed E-state index contributed by atoms with van der Waals surface area (Å²) < 4.78 is 0. The molecule has 1 saturated carbocycles. The Bertz CT molecular complexity index is 478. The number of carbonyl (C=O) groups is 1. The molecule has 1 fully saturated rings. The third-order valence-electron chi connectivity index (χ3n) is 4.04. The lowest BCUT2D eigenvalue weighted by Crippen LogP contribution is -2.35. The maximum Gasteiger partial charge on any atom is 0.223 e. The van der Waals surface area contributed by atoms with Crippen LogP contribution in [0.4, 0.5) is 0 Å². The van der Waals surface area contributed by atoms with Crippen molar-refractivity contribution < 1.29 is 9.90 Å². The third kappa shape index (κ3) is 6.92. The lowest BCUT2D eigenvalue weighted by atomic mass is 9.82. The predicted octanol–water partition coefficient (Wildman–Crippen LogP) is 4.73. The van der Waals surface area contributed by atoms with Gasteiger partial charge < -0.3 is 10.4 Å². The van der Waals surface area contributed by atoms with Crippen molar-refractivity contribution in [3.63, 3.8) is 0 Å². The van der Waals surface area contributed by atoms with Crippen LogP contribution in [0, 0.1) is 11.8 Å². The Kier molecular flexibility index (Phi) is 9.27. The molecule has 0 aromatic heterocycles. The molecule has 0 saturated heterocycles. The smallest absolute Gasteiger partial charge is 0.223 e. The summed E-state index contributed by atoms with van der Waals surface area (Å²) in [5, 5.41) is 13.5. The number of amides is 1. The zero-order valence-electron chi connectivity index (χ0n) is 14.5. The average molecular weight is 340 g/mol. The lowest BCUT2D eigenvalue weighted by Gasteiger charge is -2.26. The molecule has 1 aromatic rings. The summed E-state index contributed by atoms with van der Waals surface area (Å²) in [5.74, 6) is 0.771. The van der Waals surface area contributed by atoms with Crippen LogP contribution in [0.5, 0.6) is 0 Å². The first-order valence-electron chi connectivity index (χ1n) is 8.69. The van der Waals surface area contributed by atoms with Crippen molar-refractivity contribution in [3.05, 3.63) is 34.9 Å². The molecule has 1 aromatic carbocycles. The molecule has 2 N–H and O–H groups in total. The van der Waals surface area contributed by atoms with Crippen molar-refractivity contribution in [1.82, 2.24) is 5.32 Å². The zero-order chi connectivity index (χ0) is 17.2.